The molecule has 0 radical (unpaired) electrons. The third-order valence-electron chi connectivity index (χ3n) is 3.26. The van der Waals surface area contributed by atoms with Gasteiger partial charge in [0.1, 0.15) is 24.0 Å². The lowest BCUT2D eigenvalue weighted by Gasteiger charge is -2.05. The Bertz CT molecular complexity index is 954. The number of amides is 1. The number of nitriles is 1. The number of nitrogens with one attached hydrogen (secondary N) is 1. The molecular weight excluding hydrogens is 368 g/mol. The van der Waals surface area contributed by atoms with Crippen LogP contribution >= 0.6 is 22.7 Å². The van der Waals surface area contributed by atoms with Crippen molar-refractivity contribution in [2.24, 2.45) is 0 Å². The Morgan fingerprint density at radius 1 is 1.35 bits per heavy atom. The van der Waals surface area contributed by atoms with E-state index >= 15 is 0 Å². The van der Waals surface area contributed by atoms with Crippen LogP contribution in [0.5, 0.6) is 5.75 Å². The molecule has 3 rings (SSSR count). The molecule has 8 heteroatoms. The molecule has 6 nitrogen and oxygen atoms in total. The van der Waals surface area contributed by atoms with E-state index in [1.54, 1.807) is 47.2 Å². The highest BCUT2D eigenvalue weighted by Crippen LogP contribution is 2.18. The molecule has 0 fully saturated rings. The summed E-state index contributed by atoms with van der Waals surface area (Å²) in [4.78, 5) is 20.4. The number of ether oxygens (including phenoxy) is 1. The molecule has 130 valence electrons. The van der Waals surface area contributed by atoms with Crippen molar-refractivity contribution < 1.29 is 9.53 Å². The van der Waals surface area contributed by atoms with Gasteiger partial charge in [0.05, 0.1) is 10.7 Å². The molecule has 1 N–H and O–H groups in total. The van der Waals surface area contributed by atoms with Crippen LogP contribution in [0.4, 0.5) is 5.13 Å². The van der Waals surface area contributed by atoms with E-state index in [1.807, 2.05) is 18.4 Å². The van der Waals surface area contributed by atoms with E-state index in [0.717, 1.165) is 16.3 Å². The molecular formula is C18H14N4O2S2. The number of aryl methyl sites for hydroxylation is 1. The van der Waals surface area contributed by atoms with Gasteiger partial charge in [-0.1, -0.05) is 12.1 Å². The van der Waals surface area contributed by atoms with Crippen LogP contribution < -0.4 is 10.1 Å². The van der Waals surface area contributed by atoms with E-state index in [1.165, 1.54) is 17.4 Å². The first-order chi connectivity index (χ1) is 12.6. The number of anilines is 1. The van der Waals surface area contributed by atoms with Crippen LogP contribution in [0.2, 0.25) is 0 Å². The highest BCUT2D eigenvalue weighted by Gasteiger charge is 2.10. The molecule has 3 aromatic rings. The molecule has 0 unspecified atom stereocenters. The molecule has 1 amide bonds. The van der Waals surface area contributed by atoms with Crippen LogP contribution in [0.3, 0.4) is 0 Å². The Balaban J connectivity index is 1.63. The van der Waals surface area contributed by atoms with Crippen molar-refractivity contribution in [3.63, 3.8) is 0 Å². The second-order valence-electron chi connectivity index (χ2n) is 5.18. The topological polar surface area (TPSA) is 87.9 Å². The van der Waals surface area contributed by atoms with E-state index in [2.05, 4.69) is 15.3 Å². The van der Waals surface area contributed by atoms with Crippen molar-refractivity contribution >= 4 is 39.8 Å². The fraction of sp³-hybridized carbons (Fsp3) is 0.111. The fourth-order valence-corrected chi connectivity index (χ4v) is 3.18. The van der Waals surface area contributed by atoms with E-state index in [4.69, 9.17) is 4.74 Å². The largest absolute Gasteiger partial charge is 0.487 e. The first kappa shape index (κ1) is 17.8. The molecule has 2 aromatic heterocycles. The van der Waals surface area contributed by atoms with Gasteiger partial charge in [-0.2, -0.15) is 5.26 Å². The number of thiazole rings is 2. The predicted octanol–water partition coefficient (Wildman–Crippen LogP) is 4.03. The molecule has 0 atom stereocenters. The normalized spacial score (nSPS) is 11.0. The molecule has 0 aliphatic carbocycles. The minimum atomic E-state index is -0.485. The molecule has 0 aliphatic rings. The Hall–Kier alpha value is -3.02. The van der Waals surface area contributed by atoms with Crippen LogP contribution in [-0.2, 0) is 11.4 Å². The van der Waals surface area contributed by atoms with Crippen molar-refractivity contribution in [3.05, 3.63) is 63.1 Å². The number of carbonyl (C=O) groups is 1. The quantitative estimate of drug-likeness (QED) is 0.514. The fourth-order valence-electron chi connectivity index (χ4n) is 2.06. The summed E-state index contributed by atoms with van der Waals surface area (Å²) in [5.74, 6) is 0.209. The van der Waals surface area contributed by atoms with Gasteiger partial charge < -0.3 is 4.74 Å². The summed E-state index contributed by atoms with van der Waals surface area (Å²) in [6, 6.07) is 9.07. The zero-order valence-corrected chi connectivity index (χ0v) is 15.4. The molecule has 0 spiro atoms. The molecule has 26 heavy (non-hydrogen) atoms. The molecule has 1 aromatic carbocycles. The van der Waals surface area contributed by atoms with Gasteiger partial charge in [0.25, 0.3) is 5.91 Å². The van der Waals surface area contributed by atoms with Gasteiger partial charge in [-0.05, 0) is 30.7 Å². The maximum atomic E-state index is 12.1. The third-order valence-corrected chi connectivity index (χ3v) is 4.77. The second-order valence-corrected chi connectivity index (χ2v) is 7.13. The highest BCUT2D eigenvalue weighted by molar-refractivity contribution is 7.13. The van der Waals surface area contributed by atoms with E-state index in [9.17, 15) is 10.1 Å². The Kier molecular flexibility index (Phi) is 5.73. The maximum Gasteiger partial charge on any atom is 0.268 e. The number of hydrogen-bond donors (Lipinski definition) is 1. The molecule has 0 saturated carbocycles. The number of carbonyl (C=O) groups excluding carboxylic acids is 1. The molecule has 2 heterocycles. The SMILES string of the molecule is Cc1nc(COc2ccc(/C=C(\C#N)C(=O)Nc3nccs3)cc2)cs1. The summed E-state index contributed by atoms with van der Waals surface area (Å²) in [7, 11) is 0. The summed E-state index contributed by atoms with van der Waals surface area (Å²) in [6.45, 7) is 2.35. The summed E-state index contributed by atoms with van der Waals surface area (Å²) in [6.07, 6.45) is 3.11. The van der Waals surface area contributed by atoms with Gasteiger partial charge >= 0.3 is 0 Å². The molecule has 0 bridgehead atoms. The van der Waals surface area contributed by atoms with E-state index in [-0.39, 0.29) is 5.57 Å². The second kappa shape index (κ2) is 8.38. The minimum absolute atomic E-state index is 0.00631. The first-order valence-corrected chi connectivity index (χ1v) is 9.36. The monoisotopic (exact) mass is 382 g/mol. The van der Waals surface area contributed by atoms with Crippen molar-refractivity contribution in [2.75, 3.05) is 5.32 Å². The van der Waals surface area contributed by atoms with Gasteiger partial charge in [0.2, 0.25) is 0 Å². The summed E-state index contributed by atoms with van der Waals surface area (Å²) >= 11 is 2.88. The highest BCUT2D eigenvalue weighted by atomic mass is 32.1. The Labute approximate surface area is 158 Å². The lowest BCUT2D eigenvalue weighted by Crippen LogP contribution is -2.13. The van der Waals surface area contributed by atoms with Crippen LogP contribution in [0.25, 0.3) is 6.08 Å². The van der Waals surface area contributed by atoms with Crippen LogP contribution in [0.1, 0.15) is 16.3 Å². The smallest absolute Gasteiger partial charge is 0.268 e. The molecule has 0 saturated heterocycles. The molecule has 0 aliphatic heterocycles. The number of rotatable bonds is 6. The van der Waals surface area contributed by atoms with Crippen molar-refractivity contribution in [3.8, 4) is 11.8 Å². The average molecular weight is 382 g/mol. The standard InChI is InChI=1S/C18H14N4O2S2/c1-12-21-15(11-26-12)10-24-16-4-2-13(3-5-16)8-14(9-19)17(23)22-18-20-6-7-25-18/h2-8,11H,10H2,1H3,(H,20,22,23)/b14-8+. The number of aromatic nitrogens is 2. The lowest BCUT2D eigenvalue weighted by atomic mass is 10.1. The van der Waals surface area contributed by atoms with E-state index in [0.29, 0.717) is 17.5 Å². The van der Waals surface area contributed by atoms with Crippen LogP contribution in [0, 0.1) is 18.3 Å². The van der Waals surface area contributed by atoms with Crippen LogP contribution in [-0.4, -0.2) is 15.9 Å². The minimum Gasteiger partial charge on any atom is -0.487 e. The number of benzene rings is 1. The Morgan fingerprint density at radius 3 is 2.77 bits per heavy atom. The summed E-state index contributed by atoms with van der Waals surface area (Å²) < 4.78 is 5.68. The van der Waals surface area contributed by atoms with Gasteiger partial charge in [-0.15, -0.1) is 22.7 Å². The lowest BCUT2D eigenvalue weighted by molar-refractivity contribution is -0.112. The zero-order valence-electron chi connectivity index (χ0n) is 13.8. The van der Waals surface area contributed by atoms with Gasteiger partial charge in [0, 0.05) is 17.0 Å². The first-order valence-electron chi connectivity index (χ1n) is 7.60. The predicted molar refractivity (Wildman–Crippen MR) is 102 cm³/mol. The zero-order chi connectivity index (χ0) is 18.4. The summed E-state index contributed by atoms with van der Waals surface area (Å²) in [5, 5.41) is 17.0. The van der Waals surface area contributed by atoms with Crippen molar-refractivity contribution in [1.82, 2.24) is 9.97 Å². The third kappa shape index (κ3) is 4.75. The van der Waals surface area contributed by atoms with Gasteiger partial charge in [-0.3, -0.25) is 10.1 Å². The van der Waals surface area contributed by atoms with E-state index < -0.39 is 5.91 Å². The summed E-state index contributed by atoms with van der Waals surface area (Å²) in [5.41, 5.74) is 1.63. The van der Waals surface area contributed by atoms with Crippen LogP contribution in [0.15, 0.2) is 46.8 Å². The van der Waals surface area contributed by atoms with Crippen molar-refractivity contribution in [1.29, 1.82) is 5.26 Å². The maximum absolute atomic E-state index is 12.1. The average Bonchev–Trinajstić information content (AvgIpc) is 3.30. The Morgan fingerprint density at radius 2 is 2.15 bits per heavy atom. The number of hydrogen-bond acceptors (Lipinski definition) is 7. The van der Waals surface area contributed by atoms with Gasteiger partial charge in [0.15, 0.2) is 5.13 Å². The van der Waals surface area contributed by atoms with Crippen molar-refractivity contribution in [2.45, 2.75) is 13.5 Å². The number of nitrogens with zero attached hydrogens (tertiary/aromatic N) is 3. The van der Waals surface area contributed by atoms with Gasteiger partial charge in [-0.25, -0.2) is 9.97 Å².